The van der Waals surface area contributed by atoms with Crippen LogP contribution in [0.4, 0.5) is 4.79 Å². The highest BCUT2D eigenvalue weighted by atomic mass is 32.2. The summed E-state index contributed by atoms with van der Waals surface area (Å²) in [5.74, 6) is 0.887. The number of furan rings is 1. The van der Waals surface area contributed by atoms with Gasteiger partial charge in [0.25, 0.3) is 0 Å². The number of hydrogen-bond acceptors (Lipinski definition) is 6. The molecule has 0 radical (unpaired) electrons. The van der Waals surface area contributed by atoms with E-state index in [1.165, 1.54) is 11.8 Å². The average Bonchev–Trinajstić information content (AvgIpc) is 3.30. The van der Waals surface area contributed by atoms with Crippen LogP contribution >= 0.6 is 11.8 Å². The summed E-state index contributed by atoms with van der Waals surface area (Å²) in [4.78, 5) is 23.5. The molecule has 0 fully saturated rings. The lowest BCUT2D eigenvalue weighted by molar-refractivity contribution is -0.120. The van der Waals surface area contributed by atoms with Crippen LogP contribution in [0.15, 0.2) is 58.3 Å². The Labute approximate surface area is 166 Å². The Morgan fingerprint density at radius 2 is 1.93 bits per heavy atom. The Bertz CT molecular complexity index is 938. The van der Waals surface area contributed by atoms with Gasteiger partial charge in [-0.2, -0.15) is 0 Å². The summed E-state index contributed by atoms with van der Waals surface area (Å²) in [6.45, 7) is 4.20. The largest absolute Gasteiger partial charge is 0.467 e. The molecule has 0 aliphatic carbocycles. The molecule has 0 saturated carbocycles. The summed E-state index contributed by atoms with van der Waals surface area (Å²) in [7, 11) is 0. The molecule has 0 bridgehead atoms. The highest BCUT2D eigenvalue weighted by Crippen LogP contribution is 2.31. The second-order valence-corrected chi connectivity index (χ2v) is 7.58. The highest BCUT2D eigenvalue weighted by molar-refractivity contribution is 8.00. The van der Waals surface area contributed by atoms with E-state index in [1.54, 1.807) is 6.26 Å². The fourth-order valence-corrected chi connectivity index (χ4v) is 3.71. The first-order valence-corrected chi connectivity index (χ1v) is 9.61. The van der Waals surface area contributed by atoms with Crippen LogP contribution in [0.1, 0.15) is 19.6 Å². The normalized spacial score (nSPS) is 12.1. The van der Waals surface area contributed by atoms with E-state index in [2.05, 4.69) is 15.5 Å². The number of carbonyl (C=O) groups is 2. The molecule has 0 aliphatic rings. The molecule has 3 N–H and O–H groups in total. The number of urea groups is 1. The molecular formula is C19H21N5O3S. The van der Waals surface area contributed by atoms with Crippen LogP contribution in [0, 0.1) is 5.92 Å². The van der Waals surface area contributed by atoms with Gasteiger partial charge in [0.1, 0.15) is 5.76 Å². The molecule has 1 aromatic carbocycles. The van der Waals surface area contributed by atoms with Crippen LogP contribution in [0.5, 0.6) is 0 Å². The summed E-state index contributed by atoms with van der Waals surface area (Å²) < 4.78 is 7.37. The first-order chi connectivity index (χ1) is 13.5. The lowest BCUT2D eigenvalue weighted by Crippen LogP contribution is -2.42. The molecule has 2 aromatic heterocycles. The quantitative estimate of drug-likeness (QED) is 0.590. The molecule has 3 aromatic rings. The van der Waals surface area contributed by atoms with E-state index >= 15 is 0 Å². The Kier molecular flexibility index (Phi) is 6.15. The molecule has 0 aliphatic heterocycles. The molecular weight excluding hydrogens is 378 g/mol. The van der Waals surface area contributed by atoms with E-state index in [9.17, 15) is 9.59 Å². The summed E-state index contributed by atoms with van der Waals surface area (Å²) in [5, 5.41) is 10.8. The van der Waals surface area contributed by atoms with Crippen molar-refractivity contribution in [2.75, 3.05) is 0 Å². The number of hydrogen-bond donors (Lipinski definition) is 2. The molecule has 28 heavy (non-hydrogen) atoms. The molecule has 3 rings (SSSR count). The zero-order valence-electron chi connectivity index (χ0n) is 15.5. The Morgan fingerprint density at radius 1 is 1.18 bits per heavy atom. The van der Waals surface area contributed by atoms with Crippen molar-refractivity contribution in [2.24, 2.45) is 11.7 Å². The SMILES string of the molecule is CC(C)[C@H](Sc1nnc(-c2ccccc2)n1Cc1ccco1)C(=O)NC(N)=O. The molecule has 0 unspecified atom stereocenters. The molecule has 146 valence electrons. The maximum absolute atomic E-state index is 12.4. The number of aromatic nitrogens is 3. The second kappa shape index (κ2) is 8.75. The fraction of sp³-hybridized carbons (Fsp3) is 0.263. The van der Waals surface area contributed by atoms with E-state index in [4.69, 9.17) is 10.2 Å². The third-order valence-electron chi connectivity index (χ3n) is 3.99. The van der Waals surface area contributed by atoms with Crippen molar-refractivity contribution >= 4 is 23.7 Å². The lowest BCUT2D eigenvalue weighted by atomic mass is 10.1. The minimum absolute atomic E-state index is 0.0571. The summed E-state index contributed by atoms with van der Waals surface area (Å²) in [6.07, 6.45) is 1.60. The zero-order chi connectivity index (χ0) is 20.1. The van der Waals surface area contributed by atoms with Crippen molar-refractivity contribution in [1.29, 1.82) is 0 Å². The van der Waals surface area contributed by atoms with Gasteiger partial charge < -0.3 is 10.2 Å². The van der Waals surface area contributed by atoms with Crippen LogP contribution in [0.25, 0.3) is 11.4 Å². The maximum Gasteiger partial charge on any atom is 0.318 e. The topological polar surface area (TPSA) is 116 Å². The number of imide groups is 1. The number of primary amides is 1. The first-order valence-electron chi connectivity index (χ1n) is 8.73. The standard InChI is InChI=1S/C19H21N5O3S/c1-12(2)15(17(25)21-18(20)26)28-19-23-22-16(13-7-4-3-5-8-13)24(19)11-14-9-6-10-27-14/h3-10,12,15H,11H2,1-2H3,(H3,20,21,25,26)/t15-/m0/s1. The van der Waals surface area contributed by atoms with Gasteiger partial charge in [-0.1, -0.05) is 55.9 Å². The number of rotatable bonds is 7. The Morgan fingerprint density at radius 3 is 2.54 bits per heavy atom. The van der Waals surface area contributed by atoms with Gasteiger partial charge in [0.05, 0.1) is 18.1 Å². The highest BCUT2D eigenvalue weighted by Gasteiger charge is 2.28. The Balaban J connectivity index is 1.96. The number of nitrogens with two attached hydrogens (primary N) is 1. The predicted octanol–water partition coefficient (Wildman–Crippen LogP) is 2.90. The van der Waals surface area contributed by atoms with Crippen molar-refractivity contribution in [1.82, 2.24) is 20.1 Å². The van der Waals surface area contributed by atoms with Crippen molar-refractivity contribution < 1.29 is 14.0 Å². The van der Waals surface area contributed by atoms with Crippen LogP contribution in [0.2, 0.25) is 0 Å². The molecule has 0 saturated heterocycles. The third kappa shape index (κ3) is 4.61. The van der Waals surface area contributed by atoms with E-state index in [1.807, 2.05) is 60.9 Å². The molecule has 8 nitrogen and oxygen atoms in total. The monoisotopic (exact) mass is 399 g/mol. The van der Waals surface area contributed by atoms with Gasteiger partial charge in [-0.25, -0.2) is 4.79 Å². The molecule has 3 amide bonds. The van der Waals surface area contributed by atoms with E-state index < -0.39 is 17.2 Å². The van der Waals surface area contributed by atoms with Crippen molar-refractivity contribution in [3.63, 3.8) is 0 Å². The van der Waals surface area contributed by atoms with E-state index in [-0.39, 0.29) is 5.92 Å². The maximum atomic E-state index is 12.4. The van der Waals surface area contributed by atoms with Crippen LogP contribution in [-0.2, 0) is 11.3 Å². The number of nitrogens with one attached hydrogen (secondary N) is 1. The smallest absolute Gasteiger partial charge is 0.318 e. The minimum atomic E-state index is -0.877. The molecule has 0 spiro atoms. The molecule has 2 heterocycles. The van der Waals surface area contributed by atoms with E-state index in [0.29, 0.717) is 17.5 Å². The van der Waals surface area contributed by atoms with Gasteiger partial charge in [0.2, 0.25) is 5.91 Å². The van der Waals surface area contributed by atoms with Crippen LogP contribution in [-0.4, -0.2) is 32.0 Å². The molecule has 1 atom stereocenters. The summed E-state index contributed by atoms with van der Waals surface area (Å²) in [5.41, 5.74) is 6.00. The number of amides is 3. The molecule has 9 heteroatoms. The predicted molar refractivity (Wildman–Crippen MR) is 105 cm³/mol. The minimum Gasteiger partial charge on any atom is -0.467 e. The van der Waals surface area contributed by atoms with Gasteiger partial charge in [-0.3, -0.25) is 14.7 Å². The summed E-state index contributed by atoms with van der Waals surface area (Å²) >= 11 is 1.24. The van der Waals surface area contributed by atoms with Crippen LogP contribution in [0.3, 0.4) is 0 Å². The van der Waals surface area contributed by atoms with Gasteiger partial charge in [0, 0.05) is 5.56 Å². The van der Waals surface area contributed by atoms with Crippen molar-refractivity contribution in [2.45, 2.75) is 30.8 Å². The van der Waals surface area contributed by atoms with Crippen molar-refractivity contribution in [3.8, 4) is 11.4 Å². The van der Waals surface area contributed by atoms with Gasteiger partial charge in [0.15, 0.2) is 11.0 Å². The van der Waals surface area contributed by atoms with Gasteiger partial charge in [-0.15, -0.1) is 10.2 Å². The van der Waals surface area contributed by atoms with E-state index in [0.717, 1.165) is 11.3 Å². The van der Waals surface area contributed by atoms with Crippen molar-refractivity contribution in [3.05, 3.63) is 54.5 Å². The zero-order valence-corrected chi connectivity index (χ0v) is 16.3. The van der Waals surface area contributed by atoms with Gasteiger partial charge in [-0.05, 0) is 18.1 Å². The fourth-order valence-electron chi connectivity index (χ4n) is 2.68. The van der Waals surface area contributed by atoms with Crippen LogP contribution < -0.4 is 11.1 Å². The average molecular weight is 399 g/mol. The summed E-state index contributed by atoms with van der Waals surface area (Å²) in [6, 6.07) is 12.5. The van der Waals surface area contributed by atoms with Gasteiger partial charge >= 0.3 is 6.03 Å². The first kappa shape index (κ1) is 19.7. The Hall–Kier alpha value is -3.07. The third-order valence-corrected chi connectivity index (χ3v) is 5.51. The second-order valence-electron chi connectivity index (χ2n) is 6.47. The number of nitrogens with zero attached hydrogens (tertiary/aromatic N) is 3. The lowest BCUT2D eigenvalue weighted by Gasteiger charge is -2.18. The number of carbonyl (C=O) groups excluding carboxylic acids is 2. The number of benzene rings is 1. The number of thioether (sulfide) groups is 1.